The Bertz CT molecular complexity index is 1850. The second-order valence-corrected chi connectivity index (χ2v) is 13.1. The smallest absolute Gasteiger partial charge is 0.407 e. The molecule has 0 bridgehead atoms. The molecule has 240 valence electrons. The average Bonchev–Trinajstić information content (AvgIpc) is 3.60. The van der Waals surface area contributed by atoms with Crippen LogP contribution in [0.4, 0.5) is 4.79 Å². The standard InChI is InChI=1S/C38H44N4O4/c1-5-42-33-16-9-8-14-30(33)32-23-26(17-18-34(32)42)24-41-21-19-28(25-41)40-37(44)45-22-20-39-35(36(43)46-38(2,3)4)31-15-10-12-27-11-6-7-13-29(27)31/h6-18,23,28,35,39H,5,19-22,24-25H2,1-4H3,(H,40,44). The summed E-state index contributed by atoms with van der Waals surface area (Å²) in [6.07, 6.45) is 0.424. The van der Waals surface area contributed by atoms with Crippen molar-refractivity contribution in [2.45, 2.75) is 64.9 Å². The number of aromatic nitrogens is 1. The highest BCUT2D eigenvalue weighted by Gasteiger charge is 2.28. The lowest BCUT2D eigenvalue weighted by Crippen LogP contribution is -2.39. The number of rotatable bonds is 10. The molecule has 0 radical (unpaired) electrons. The third-order valence-corrected chi connectivity index (χ3v) is 8.61. The number of amides is 1. The van der Waals surface area contributed by atoms with Crippen molar-refractivity contribution in [2.24, 2.45) is 0 Å². The molecular formula is C38H44N4O4. The van der Waals surface area contributed by atoms with Gasteiger partial charge in [-0.1, -0.05) is 66.7 Å². The largest absolute Gasteiger partial charge is 0.459 e. The first kappa shape index (κ1) is 31.6. The number of aryl methyl sites for hydroxylation is 1. The molecule has 8 nitrogen and oxygen atoms in total. The van der Waals surface area contributed by atoms with E-state index in [0.717, 1.165) is 48.9 Å². The third-order valence-electron chi connectivity index (χ3n) is 8.61. The lowest BCUT2D eigenvalue weighted by Gasteiger charge is -2.25. The van der Waals surface area contributed by atoms with Gasteiger partial charge in [0, 0.05) is 60.6 Å². The Labute approximate surface area is 270 Å². The number of hydrogen-bond donors (Lipinski definition) is 2. The third kappa shape index (κ3) is 7.03. The number of carbonyl (C=O) groups excluding carboxylic acids is 2. The van der Waals surface area contributed by atoms with Crippen LogP contribution < -0.4 is 10.6 Å². The molecule has 0 aliphatic carbocycles. The van der Waals surface area contributed by atoms with Gasteiger partial charge in [-0.3, -0.25) is 10.2 Å². The number of esters is 1. The van der Waals surface area contributed by atoms with Gasteiger partial charge in [0.15, 0.2) is 0 Å². The van der Waals surface area contributed by atoms with Crippen LogP contribution in [0, 0.1) is 0 Å². The van der Waals surface area contributed by atoms with E-state index in [2.05, 4.69) is 69.5 Å². The molecule has 1 saturated heterocycles. The van der Waals surface area contributed by atoms with Crippen LogP contribution in [-0.4, -0.2) is 59.4 Å². The molecule has 1 aliphatic rings. The van der Waals surface area contributed by atoms with Gasteiger partial charge in [-0.2, -0.15) is 0 Å². The summed E-state index contributed by atoms with van der Waals surface area (Å²) < 4.78 is 13.6. The quantitative estimate of drug-likeness (QED) is 0.130. The number of nitrogens with zero attached hydrogens (tertiary/aromatic N) is 2. The van der Waals surface area contributed by atoms with Gasteiger partial charge in [-0.15, -0.1) is 0 Å². The fourth-order valence-corrected chi connectivity index (χ4v) is 6.63. The second kappa shape index (κ2) is 13.5. The minimum Gasteiger partial charge on any atom is -0.459 e. The van der Waals surface area contributed by atoms with E-state index in [4.69, 9.17) is 9.47 Å². The highest BCUT2D eigenvalue weighted by atomic mass is 16.6. The summed E-state index contributed by atoms with van der Waals surface area (Å²) in [6, 6.07) is 28.5. The summed E-state index contributed by atoms with van der Waals surface area (Å²) in [6.45, 7) is 11.6. The van der Waals surface area contributed by atoms with Gasteiger partial charge in [-0.05, 0) is 74.2 Å². The Morgan fingerprint density at radius 3 is 2.46 bits per heavy atom. The summed E-state index contributed by atoms with van der Waals surface area (Å²) in [5.74, 6) is -0.366. The van der Waals surface area contributed by atoms with Crippen LogP contribution in [0.5, 0.6) is 0 Å². The summed E-state index contributed by atoms with van der Waals surface area (Å²) in [5.41, 5.74) is 4.00. The van der Waals surface area contributed by atoms with Gasteiger partial charge in [-0.25, -0.2) is 9.59 Å². The fourth-order valence-electron chi connectivity index (χ4n) is 6.63. The van der Waals surface area contributed by atoms with Gasteiger partial charge in [0.25, 0.3) is 0 Å². The van der Waals surface area contributed by atoms with Crippen molar-refractivity contribution >= 4 is 44.6 Å². The zero-order chi connectivity index (χ0) is 32.3. The van der Waals surface area contributed by atoms with Gasteiger partial charge in [0.2, 0.25) is 0 Å². The summed E-state index contributed by atoms with van der Waals surface area (Å²) >= 11 is 0. The van der Waals surface area contributed by atoms with Crippen molar-refractivity contribution in [1.82, 2.24) is 20.1 Å². The van der Waals surface area contributed by atoms with Crippen molar-refractivity contribution in [3.8, 4) is 0 Å². The number of alkyl carbamates (subject to hydrolysis) is 1. The molecule has 4 aromatic carbocycles. The van der Waals surface area contributed by atoms with Crippen molar-refractivity contribution in [3.05, 3.63) is 96.1 Å². The molecule has 1 aromatic heterocycles. The number of carbonyl (C=O) groups is 2. The van der Waals surface area contributed by atoms with E-state index in [0.29, 0.717) is 6.54 Å². The SMILES string of the molecule is CCn1c2ccccc2c2cc(CN3CCC(NC(=O)OCCNC(C(=O)OC(C)(C)C)c4cccc5ccccc45)C3)ccc21. The molecule has 2 unspecified atom stereocenters. The molecule has 5 aromatic rings. The molecular weight excluding hydrogens is 576 g/mol. The lowest BCUT2D eigenvalue weighted by atomic mass is 9.98. The van der Waals surface area contributed by atoms with Crippen molar-refractivity contribution in [3.63, 3.8) is 0 Å². The van der Waals surface area contributed by atoms with E-state index in [1.165, 1.54) is 27.4 Å². The van der Waals surface area contributed by atoms with Crippen LogP contribution in [-0.2, 0) is 27.4 Å². The zero-order valence-electron chi connectivity index (χ0n) is 27.2. The minimum absolute atomic E-state index is 0.0244. The van der Waals surface area contributed by atoms with E-state index in [9.17, 15) is 9.59 Å². The molecule has 0 spiro atoms. The minimum atomic E-state index is -0.696. The molecule has 1 amide bonds. The average molecular weight is 621 g/mol. The maximum atomic E-state index is 13.2. The maximum absolute atomic E-state index is 13.2. The topological polar surface area (TPSA) is 84.8 Å². The predicted octanol–water partition coefficient (Wildman–Crippen LogP) is 6.94. The summed E-state index contributed by atoms with van der Waals surface area (Å²) in [5, 5.41) is 10.9. The van der Waals surface area contributed by atoms with Gasteiger partial charge in [0.05, 0.1) is 0 Å². The van der Waals surface area contributed by atoms with Gasteiger partial charge < -0.3 is 19.4 Å². The molecule has 2 heterocycles. The first-order valence-corrected chi connectivity index (χ1v) is 16.3. The van der Waals surface area contributed by atoms with Crippen molar-refractivity contribution in [1.29, 1.82) is 0 Å². The highest BCUT2D eigenvalue weighted by Crippen LogP contribution is 2.30. The molecule has 8 heteroatoms. The summed E-state index contributed by atoms with van der Waals surface area (Å²) in [7, 11) is 0. The lowest BCUT2D eigenvalue weighted by molar-refractivity contribution is -0.157. The van der Waals surface area contributed by atoms with Crippen molar-refractivity contribution < 1.29 is 19.1 Å². The summed E-state index contributed by atoms with van der Waals surface area (Å²) in [4.78, 5) is 28.3. The van der Waals surface area contributed by atoms with Crippen LogP contribution in [0.3, 0.4) is 0 Å². The Hall–Kier alpha value is -4.40. The Morgan fingerprint density at radius 2 is 1.65 bits per heavy atom. The molecule has 6 rings (SSSR count). The molecule has 1 fully saturated rings. The van der Waals surface area contributed by atoms with E-state index >= 15 is 0 Å². The van der Waals surface area contributed by atoms with Crippen LogP contribution in [0.15, 0.2) is 84.9 Å². The Morgan fingerprint density at radius 1 is 0.913 bits per heavy atom. The van der Waals surface area contributed by atoms with Crippen molar-refractivity contribution in [2.75, 3.05) is 26.2 Å². The number of hydrogen-bond acceptors (Lipinski definition) is 6. The second-order valence-electron chi connectivity index (χ2n) is 13.1. The van der Waals surface area contributed by atoms with Gasteiger partial charge >= 0.3 is 12.1 Å². The molecule has 0 saturated carbocycles. The van der Waals surface area contributed by atoms with Gasteiger partial charge in [0.1, 0.15) is 18.2 Å². The predicted molar refractivity (Wildman–Crippen MR) is 184 cm³/mol. The maximum Gasteiger partial charge on any atom is 0.407 e. The number of ether oxygens (including phenoxy) is 2. The van der Waals surface area contributed by atoms with E-state index in [-0.39, 0.29) is 18.6 Å². The molecule has 2 N–H and O–H groups in total. The van der Waals surface area contributed by atoms with E-state index in [1.54, 1.807) is 0 Å². The van der Waals surface area contributed by atoms with Crippen LogP contribution in [0.25, 0.3) is 32.6 Å². The number of likely N-dealkylation sites (tertiary alicyclic amines) is 1. The normalized spacial score (nSPS) is 16.2. The Kier molecular flexibility index (Phi) is 9.29. The zero-order valence-corrected chi connectivity index (χ0v) is 27.2. The Balaban J connectivity index is 1.01. The fraction of sp³-hybridized carbons (Fsp3) is 0.368. The molecule has 1 aliphatic heterocycles. The van der Waals surface area contributed by atoms with Crippen LogP contribution >= 0.6 is 0 Å². The first-order chi connectivity index (χ1) is 22.2. The first-order valence-electron chi connectivity index (χ1n) is 16.3. The number of benzene rings is 4. The highest BCUT2D eigenvalue weighted by molar-refractivity contribution is 6.08. The number of para-hydroxylation sites is 1. The molecule has 2 atom stereocenters. The number of fused-ring (bicyclic) bond motifs is 4. The molecule has 46 heavy (non-hydrogen) atoms. The van der Waals surface area contributed by atoms with E-state index in [1.807, 2.05) is 63.2 Å². The van der Waals surface area contributed by atoms with Crippen LogP contribution in [0.1, 0.15) is 51.3 Å². The number of nitrogens with one attached hydrogen (secondary N) is 2. The van der Waals surface area contributed by atoms with E-state index < -0.39 is 17.7 Å². The monoisotopic (exact) mass is 620 g/mol. The van der Waals surface area contributed by atoms with Crippen LogP contribution in [0.2, 0.25) is 0 Å².